The monoisotopic (exact) mass is 773 g/mol. The molecule has 1 unspecified atom stereocenters. The lowest BCUT2D eigenvalue weighted by atomic mass is 10.1. The van der Waals surface area contributed by atoms with E-state index < -0.39 is 86.2 Å². The highest BCUT2D eigenvalue weighted by Crippen LogP contribution is 2.45. The van der Waals surface area contributed by atoms with Gasteiger partial charge in [-0.15, -0.1) is 6.58 Å². The third-order valence-corrected chi connectivity index (χ3v) is 11.6. The molecule has 3 N–H and O–H groups in total. The first-order chi connectivity index (χ1) is 25.4. The second-order valence-corrected chi connectivity index (χ2v) is 17.1. The minimum Gasteiger partial charge on any atom is -0.444 e. The summed E-state index contributed by atoms with van der Waals surface area (Å²) in [4.78, 5) is 83.2. The highest BCUT2D eigenvalue weighted by molar-refractivity contribution is 7.91. The molecule has 15 nitrogen and oxygen atoms in total. The Morgan fingerprint density at radius 1 is 1.13 bits per heavy atom. The number of alkyl carbamates (subject to hydrolysis) is 1. The van der Waals surface area contributed by atoms with Gasteiger partial charge in [0.15, 0.2) is 5.78 Å². The van der Waals surface area contributed by atoms with Crippen molar-refractivity contribution in [1.29, 1.82) is 0 Å². The van der Waals surface area contributed by atoms with Gasteiger partial charge in [-0.1, -0.05) is 31.2 Å². The predicted octanol–water partition coefficient (Wildman–Crippen LogP) is 3.13. The van der Waals surface area contributed by atoms with Gasteiger partial charge < -0.3 is 25.0 Å². The van der Waals surface area contributed by atoms with E-state index in [-0.39, 0.29) is 51.1 Å². The van der Waals surface area contributed by atoms with E-state index in [2.05, 4.69) is 21.9 Å². The zero-order valence-corrected chi connectivity index (χ0v) is 31.7. The molecule has 1 aromatic carbocycles. The van der Waals surface area contributed by atoms with E-state index in [1.165, 1.54) is 29.2 Å². The van der Waals surface area contributed by atoms with Crippen molar-refractivity contribution in [2.24, 2.45) is 5.92 Å². The third-order valence-electron chi connectivity index (χ3n) is 9.76. The maximum Gasteiger partial charge on any atom is 0.410 e. The van der Waals surface area contributed by atoms with Gasteiger partial charge in [0.1, 0.15) is 35.1 Å². The van der Waals surface area contributed by atoms with Crippen molar-refractivity contribution in [3.05, 3.63) is 60.0 Å². The number of carbonyl (C=O) groups excluding carboxylic acids is 6. The molecule has 0 aromatic heterocycles. The van der Waals surface area contributed by atoms with Crippen LogP contribution in [-0.4, -0.2) is 95.0 Å². The Morgan fingerprint density at radius 2 is 1.85 bits per heavy atom. The van der Waals surface area contributed by atoms with Crippen molar-refractivity contribution >= 4 is 45.7 Å². The minimum absolute atomic E-state index is 0.0488. The number of amides is 5. The zero-order chi connectivity index (χ0) is 39.6. The number of ether oxygens (including phenoxy) is 2. The molecule has 294 valence electrons. The van der Waals surface area contributed by atoms with E-state index in [4.69, 9.17) is 9.47 Å². The van der Waals surface area contributed by atoms with Crippen LogP contribution in [0, 0.1) is 11.7 Å². The highest BCUT2D eigenvalue weighted by Gasteiger charge is 2.62. The molecule has 0 bridgehead atoms. The number of ketones is 1. The van der Waals surface area contributed by atoms with E-state index in [0.29, 0.717) is 30.4 Å². The fourth-order valence-electron chi connectivity index (χ4n) is 6.65. The normalized spacial score (nSPS) is 24.0. The SMILES string of the molecule is C=C[C@@H]1C[C@]1(NC(=O)[C@@H]1CC(OC(=O)N2Cc3cccc(F)c3C2)CN1C(=O)[C@H](CCC(=O)C=CCC)NC(=O)OC(C)(C)C)C(=O)NS(=O)(=O)C1CC1. The van der Waals surface area contributed by atoms with Gasteiger partial charge in [-0.2, -0.15) is 0 Å². The summed E-state index contributed by atoms with van der Waals surface area (Å²) in [6, 6.07) is 1.80. The standard InChI is InChI=1S/C37H48FN5O10S/c1-6-8-11-24(44)13-16-29(39-34(48)53-36(3,4)5)32(46)43-20-25(52-35(49)42-19-22-10-9-12-28(38)27(22)21-42)17-30(43)31(45)40-37(18-23(37)7-2)33(47)41-54(50,51)26-14-15-26/h7-12,23,25-26,29-30H,2,6,13-21H2,1,3-5H3,(H,39,48)(H,40,45)(H,41,47)/t23-,25?,29+,30+,37-/m1/s1. The molecule has 5 amide bonds. The second-order valence-electron chi connectivity index (χ2n) is 15.2. The number of hydrogen-bond donors (Lipinski definition) is 3. The van der Waals surface area contributed by atoms with Gasteiger partial charge in [0.25, 0.3) is 5.91 Å². The highest BCUT2D eigenvalue weighted by atomic mass is 32.2. The van der Waals surface area contributed by atoms with E-state index in [9.17, 15) is 41.6 Å². The van der Waals surface area contributed by atoms with Crippen LogP contribution in [0.1, 0.15) is 83.8 Å². The van der Waals surface area contributed by atoms with Crippen LogP contribution in [0.2, 0.25) is 0 Å². The number of likely N-dealkylation sites (tertiary alicyclic amines) is 1. The molecule has 1 aromatic rings. The first-order valence-electron chi connectivity index (χ1n) is 18.1. The zero-order valence-electron chi connectivity index (χ0n) is 30.9. The van der Waals surface area contributed by atoms with E-state index in [1.807, 2.05) is 6.92 Å². The van der Waals surface area contributed by atoms with Crippen molar-refractivity contribution in [2.75, 3.05) is 6.54 Å². The van der Waals surface area contributed by atoms with Gasteiger partial charge in [0.05, 0.1) is 18.3 Å². The first-order valence-corrected chi connectivity index (χ1v) is 19.6. The van der Waals surface area contributed by atoms with Gasteiger partial charge in [-0.25, -0.2) is 22.4 Å². The largest absolute Gasteiger partial charge is 0.444 e. The summed E-state index contributed by atoms with van der Waals surface area (Å²) in [6.07, 6.45) is 2.57. The van der Waals surface area contributed by atoms with Crippen LogP contribution >= 0.6 is 0 Å². The average molecular weight is 774 g/mol. The lowest BCUT2D eigenvalue weighted by Crippen LogP contribution is -2.58. The van der Waals surface area contributed by atoms with Crippen LogP contribution in [0.15, 0.2) is 43.0 Å². The van der Waals surface area contributed by atoms with Gasteiger partial charge in [-0.05, 0) is 70.6 Å². The number of allylic oxidation sites excluding steroid dienone is 2. The quantitative estimate of drug-likeness (QED) is 0.187. The molecule has 2 aliphatic carbocycles. The lowest BCUT2D eigenvalue weighted by Gasteiger charge is -2.30. The third kappa shape index (κ3) is 9.46. The van der Waals surface area contributed by atoms with Gasteiger partial charge in [-0.3, -0.25) is 28.8 Å². The topological polar surface area (TPSA) is 198 Å². The molecule has 3 fully saturated rings. The molecule has 2 heterocycles. The molecule has 2 aliphatic heterocycles. The molecule has 2 saturated carbocycles. The summed E-state index contributed by atoms with van der Waals surface area (Å²) < 4.78 is 53.0. The number of carbonyl (C=O) groups is 6. The van der Waals surface area contributed by atoms with Crippen LogP contribution in [-0.2, 0) is 51.8 Å². The molecule has 4 aliphatic rings. The predicted molar refractivity (Wildman–Crippen MR) is 192 cm³/mol. The first kappa shape index (κ1) is 40.4. The van der Waals surface area contributed by atoms with Crippen LogP contribution in [0.25, 0.3) is 0 Å². The molecular formula is C37H48FN5O10S. The van der Waals surface area contributed by atoms with Crippen LogP contribution in [0.5, 0.6) is 0 Å². The Morgan fingerprint density at radius 3 is 2.46 bits per heavy atom. The number of nitrogens with one attached hydrogen (secondary N) is 3. The fourth-order valence-corrected chi connectivity index (χ4v) is 8.01. The fraction of sp³-hybridized carbons (Fsp3) is 0.568. The molecule has 17 heteroatoms. The minimum atomic E-state index is -3.97. The Kier molecular flexibility index (Phi) is 11.9. The lowest BCUT2D eigenvalue weighted by molar-refractivity contribution is -0.141. The number of nitrogens with zero attached hydrogens (tertiary/aromatic N) is 2. The van der Waals surface area contributed by atoms with Crippen LogP contribution < -0.4 is 15.4 Å². The molecule has 0 spiro atoms. The average Bonchev–Trinajstić information content (AvgIpc) is 3.98. The molecule has 0 radical (unpaired) electrons. The summed E-state index contributed by atoms with van der Waals surface area (Å²) in [5, 5.41) is 4.48. The van der Waals surface area contributed by atoms with Crippen molar-refractivity contribution in [2.45, 2.75) is 120 Å². The van der Waals surface area contributed by atoms with Gasteiger partial charge in [0.2, 0.25) is 21.8 Å². The summed E-state index contributed by atoms with van der Waals surface area (Å²) in [7, 11) is -3.97. The molecule has 54 heavy (non-hydrogen) atoms. The molecule has 5 rings (SSSR count). The van der Waals surface area contributed by atoms with Crippen molar-refractivity contribution in [1.82, 2.24) is 25.2 Å². The summed E-state index contributed by atoms with van der Waals surface area (Å²) in [5.74, 6) is -3.94. The maximum atomic E-state index is 14.4. The molecule has 5 atom stereocenters. The summed E-state index contributed by atoms with van der Waals surface area (Å²) >= 11 is 0. The van der Waals surface area contributed by atoms with Gasteiger partial charge >= 0.3 is 12.2 Å². The maximum absolute atomic E-state index is 14.4. The molecular weight excluding hydrogens is 725 g/mol. The number of halogens is 1. The van der Waals surface area contributed by atoms with Crippen LogP contribution in [0.3, 0.4) is 0 Å². The second kappa shape index (κ2) is 15.9. The Hall–Kier alpha value is -4.80. The number of sulfonamides is 1. The smallest absolute Gasteiger partial charge is 0.410 e. The van der Waals surface area contributed by atoms with E-state index in [1.54, 1.807) is 32.9 Å². The summed E-state index contributed by atoms with van der Waals surface area (Å²) in [6.45, 7) is 10.2. The Balaban J connectivity index is 1.39. The number of rotatable bonds is 14. The Bertz CT molecular complexity index is 1840. The van der Waals surface area contributed by atoms with E-state index >= 15 is 0 Å². The van der Waals surface area contributed by atoms with Crippen LogP contribution in [0.4, 0.5) is 14.0 Å². The van der Waals surface area contributed by atoms with Gasteiger partial charge in [0, 0.05) is 30.9 Å². The van der Waals surface area contributed by atoms with Crippen molar-refractivity contribution in [3.63, 3.8) is 0 Å². The van der Waals surface area contributed by atoms with Crippen molar-refractivity contribution in [3.8, 4) is 0 Å². The number of hydrogen-bond acceptors (Lipinski definition) is 10. The molecule has 1 saturated heterocycles. The Labute approximate surface area is 314 Å². The summed E-state index contributed by atoms with van der Waals surface area (Å²) in [5.41, 5.74) is -1.64. The number of benzene rings is 1. The van der Waals surface area contributed by atoms with E-state index in [0.717, 1.165) is 4.90 Å². The number of fused-ring (bicyclic) bond motifs is 1. The van der Waals surface area contributed by atoms with Crippen molar-refractivity contribution < 1.29 is 51.0 Å².